The van der Waals surface area contributed by atoms with Crippen LogP contribution in [0, 0.1) is 83.1 Å². The van der Waals surface area contributed by atoms with Gasteiger partial charge in [0.1, 0.15) is 5.97 Å². The third kappa shape index (κ3) is 20.9. The zero-order chi connectivity index (χ0) is 50.4. The SMILES string of the molecule is C(=C/P(c1ccccc1)c1ccccc1)/P(c1ccccc1)c1ccccc1.Cc1c(C)c(C)c(C)c(C)c1C.Cc1c(C)c(C)c(C)c(C)c1C.F[P-](F)(F)(F)(F)F.O=C([O-])C(F)(F)F.[Ru+2]. The van der Waals surface area contributed by atoms with E-state index in [1.165, 1.54) is 88.0 Å². The average Bonchev–Trinajstić information content (AvgIpc) is 3.27. The monoisotopic (exact) mass is 1080 g/mol. The Kier molecular flexibility index (Phi) is 22.6. The Morgan fingerprint density at radius 3 is 0.612 bits per heavy atom. The molecule has 67 heavy (non-hydrogen) atoms. The predicted octanol–water partition coefficient (Wildman–Crippen LogP) is 15.5. The van der Waals surface area contributed by atoms with E-state index in [0.29, 0.717) is 0 Å². The van der Waals surface area contributed by atoms with Gasteiger partial charge in [-0.15, -0.1) is 0 Å². The summed E-state index contributed by atoms with van der Waals surface area (Å²) in [5, 5.41) is 14.3. The number of hydrogen-bond acceptors (Lipinski definition) is 2. The van der Waals surface area contributed by atoms with Crippen LogP contribution in [0.5, 0.6) is 0 Å². The van der Waals surface area contributed by atoms with Crippen molar-refractivity contribution in [3.8, 4) is 0 Å². The van der Waals surface area contributed by atoms with Gasteiger partial charge in [0.25, 0.3) is 0 Å². The summed E-state index contributed by atoms with van der Waals surface area (Å²) in [4.78, 5) is 8.78. The van der Waals surface area contributed by atoms with E-state index in [4.69, 9.17) is 9.90 Å². The Bertz CT molecular complexity index is 2100. The van der Waals surface area contributed by atoms with Crippen LogP contribution < -0.4 is 26.3 Å². The Balaban J connectivity index is 0.000000479. The molecule has 2 nitrogen and oxygen atoms in total. The molecule has 0 bridgehead atoms. The number of carboxylic acids is 1. The normalized spacial score (nSPS) is 12.1. The van der Waals surface area contributed by atoms with Crippen molar-refractivity contribution in [1.82, 2.24) is 0 Å². The number of carboxylic acid groups (broad SMARTS) is 1. The molecule has 364 valence electrons. The van der Waals surface area contributed by atoms with Crippen molar-refractivity contribution in [3.63, 3.8) is 0 Å². The van der Waals surface area contributed by atoms with Gasteiger partial charge in [-0.2, -0.15) is 13.2 Å². The maximum atomic E-state index is 10.5. The van der Waals surface area contributed by atoms with Crippen LogP contribution in [0.3, 0.4) is 0 Å². The first-order valence-corrected chi connectivity index (χ1v) is 25.5. The molecule has 0 spiro atoms. The minimum atomic E-state index is -10.7. The fourth-order valence-corrected chi connectivity index (χ4v) is 10.8. The van der Waals surface area contributed by atoms with Crippen LogP contribution in [0.2, 0.25) is 0 Å². The van der Waals surface area contributed by atoms with E-state index in [2.05, 4.69) is 216 Å². The molecule has 0 aliphatic rings. The number of aliphatic carboxylic acids is 1. The van der Waals surface area contributed by atoms with Gasteiger partial charge >= 0.3 is 58.6 Å². The van der Waals surface area contributed by atoms with Crippen LogP contribution in [0.25, 0.3) is 0 Å². The standard InChI is InChI=1S/C26H22P2.2C12H18.C2HF3O2.F6P.Ru/c1-5-13-23(14-6-1)27(24-15-7-2-8-16-24)21-22-28(25-17-9-3-10-18-25)26-19-11-4-12-20-26;2*1-7-8(2)10(4)12(6)11(5)9(7)3;3-2(4,5)1(6)7;1-7(2,3,4,5)6;/h1-22H;2*1-6H3;(H,6,7);;/q;;;;-1;+2/p-1/b22-21-;;;;;. The summed E-state index contributed by atoms with van der Waals surface area (Å²) in [7, 11) is -11.7. The minimum Gasteiger partial charge on any atom is -0.542 e. The predicted molar refractivity (Wildman–Crippen MR) is 262 cm³/mol. The van der Waals surface area contributed by atoms with Crippen molar-refractivity contribution in [1.29, 1.82) is 0 Å². The maximum Gasteiger partial charge on any atom is 2.00 e. The van der Waals surface area contributed by atoms with E-state index in [1.807, 2.05) is 0 Å². The molecule has 6 aromatic carbocycles. The van der Waals surface area contributed by atoms with Crippen LogP contribution in [-0.2, 0) is 24.3 Å². The van der Waals surface area contributed by atoms with Gasteiger partial charge < -0.3 is 9.90 Å². The summed E-state index contributed by atoms with van der Waals surface area (Å²) in [6.45, 7) is 26.5. The summed E-state index contributed by atoms with van der Waals surface area (Å²) >= 11 is 0. The number of hydrogen-bond donors (Lipinski definition) is 0. The largest absolute Gasteiger partial charge is 2.00 e. The molecule has 0 aromatic heterocycles. The topological polar surface area (TPSA) is 40.1 Å². The van der Waals surface area contributed by atoms with Gasteiger partial charge in [0.15, 0.2) is 0 Å². The summed E-state index contributed by atoms with van der Waals surface area (Å²) in [5.74, 6) is 1.89. The smallest absolute Gasteiger partial charge is 0.542 e. The number of carbonyl (C=O) groups excluding carboxylic acids is 1. The third-order valence-corrected chi connectivity index (χ3v) is 16.0. The fourth-order valence-electron chi connectivity index (χ4n) is 6.51. The quantitative estimate of drug-likeness (QED) is 0.0947. The Labute approximate surface area is 405 Å². The maximum absolute atomic E-state index is 10.7. The molecule has 0 heterocycles. The molecular weight excluding hydrogens is 1020 g/mol. The van der Waals surface area contributed by atoms with E-state index in [9.17, 15) is 38.4 Å². The number of benzene rings is 6. The minimum absolute atomic E-state index is 0. The molecule has 6 aromatic rings. The molecule has 0 aliphatic heterocycles. The molecular formula is C52H58F9O2P3Ru. The first-order valence-electron chi connectivity index (χ1n) is 20.6. The zero-order valence-corrected chi connectivity index (χ0v) is 44.0. The molecule has 0 radical (unpaired) electrons. The first-order chi connectivity index (χ1) is 30.2. The van der Waals surface area contributed by atoms with Crippen molar-refractivity contribution in [2.45, 2.75) is 89.3 Å². The Morgan fingerprint density at radius 2 is 0.507 bits per heavy atom. The number of halogens is 9. The molecule has 0 N–H and O–H groups in total. The van der Waals surface area contributed by atoms with Crippen molar-refractivity contribution in [2.75, 3.05) is 0 Å². The molecule has 0 unspecified atom stereocenters. The molecule has 0 saturated heterocycles. The zero-order valence-electron chi connectivity index (χ0n) is 39.6. The van der Waals surface area contributed by atoms with E-state index in [-0.39, 0.29) is 19.5 Å². The van der Waals surface area contributed by atoms with E-state index in [0.717, 1.165) is 0 Å². The van der Waals surface area contributed by atoms with Crippen LogP contribution >= 0.6 is 23.7 Å². The van der Waals surface area contributed by atoms with Crippen LogP contribution in [0.1, 0.15) is 66.8 Å². The second kappa shape index (κ2) is 24.9. The van der Waals surface area contributed by atoms with Gasteiger partial charge in [0.05, 0.1) is 0 Å². The molecule has 0 saturated carbocycles. The van der Waals surface area contributed by atoms with Gasteiger partial charge in [-0.3, -0.25) is 0 Å². The summed E-state index contributed by atoms with van der Waals surface area (Å²) in [6.07, 6.45) is -5.19. The number of carbonyl (C=O) groups is 1. The molecule has 15 heteroatoms. The van der Waals surface area contributed by atoms with Gasteiger partial charge in [-0.1, -0.05) is 133 Å². The summed E-state index contributed by atoms with van der Waals surface area (Å²) in [6, 6.07) is 43.4. The molecule has 0 amide bonds. The van der Waals surface area contributed by atoms with E-state index in [1.54, 1.807) is 0 Å². The van der Waals surface area contributed by atoms with Gasteiger partial charge in [0, 0.05) is 0 Å². The third-order valence-electron chi connectivity index (χ3n) is 11.5. The first kappa shape index (κ1) is 60.8. The van der Waals surface area contributed by atoms with Crippen LogP contribution in [0.15, 0.2) is 133 Å². The molecule has 0 atom stereocenters. The van der Waals surface area contributed by atoms with Crippen molar-refractivity contribution in [3.05, 3.63) is 200 Å². The average molecular weight is 1080 g/mol. The van der Waals surface area contributed by atoms with Crippen molar-refractivity contribution >= 4 is 50.8 Å². The number of alkyl halides is 3. The fraction of sp³-hybridized carbons (Fsp3) is 0.250. The summed E-state index contributed by atoms with van der Waals surface area (Å²) < 4.78 is 90.7. The van der Waals surface area contributed by atoms with E-state index < -0.39 is 35.8 Å². The van der Waals surface area contributed by atoms with Gasteiger partial charge in [0.2, 0.25) is 0 Å². The van der Waals surface area contributed by atoms with Gasteiger partial charge in [-0.25, -0.2) is 0 Å². The van der Waals surface area contributed by atoms with Crippen molar-refractivity contribution in [2.24, 2.45) is 0 Å². The summed E-state index contributed by atoms with van der Waals surface area (Å²) in [5.41, 5.74) is 17.5. The molecule has 6 rings (SSSR count). The van der Waals surface area contributed by atoms with E-state index >= 15 is 0 Å². The number of rotatable bonds is 6. The van der Waals surface area contributed by atoms with Crippen molar-refractivity contribution < 1.29 is 67.7 Å². The molecule has 0 aliphatic carbocycles. The van der Waals surface area contributed by atoms with Crippen LogP contribution in [0.4, 0.5) is 38.4 Å². The Hall–Kier alpha value is -4.19. The Morgan fingerprint density at radius 1 is 0.388 bits per heavy atom. The molecule has 0 fully saturated rings. The van der Waals surface area contributed by atoms with Crippen LogP contribution in [-0.4, -0.2) is 12.1 Å². The van der Waals surface area contributed by atoms with Gasteiger partial charge in [-0.05, 0) is 187 Å². The second-order valence-electron chi connectivity index (χ2n) is 15.6. The second-order valence-corrected chi connectivity index (χ2v) is 21.7.